The van der Waals surface area contributed by atoms with Gasteiger partial charge in [-0.05, 0) is 6.42 Å². The van der Waals surface area contributed by atoms with Gasteiger partial charge in [0.1, 0.15) is 0 Å². The summed E-state index contributed by atoms with van der Waals surface area (Å²) in [6, 6.07) is 0. The average Bonchev–Trinajstić information content (AvgIpc) is 1.59. The van der Waals surface area contributed by atoms with Crippen molar-refractivity contribution in [2.24, 2.45) is 0 Å². The number of hydrogen-bond acceptors (Lipinski definition) is 2. The molecule has 0 fully saturated rings. The van der Waals surface area contributed by atoms with Crippen LogP contribution in [-0.4, -0.2) is 27.0 Å². The minimum atomic E-state index is -3.99. The van der Waals surface area contributed by atoms with E-state index in [2.05, 4.69) is 0 Å². The molecular formula is C4H9O5PZr. The first-order chi connectivity index (χ1) is 4.42. The summed E-state index contributed by atoms with van der Waals surface area (Å²) in [4.78, 5) is 26.3. The van der Waals surface area contributed by atoms with Gasteiger partial charge in [0.2, 0.25) is 0 Å². The van der Waals surface area contributed by atoms with Gasteiger partial charge in [-0.2, -0.15) is 0 Å². The first-order valence-electron chi connectivity index (χ1n) is 2.68. The molecule has 0 unspecified atom stereocenters. The molecule has 0 atom stereocenters. The van der Waals surface area contributed by atoms with Crippen LogP contribution in [0.2, 0.25) is 0 Å². The minimum absolute atomic E-state index is 0. The van der Waals surface area contributed by atoms with Crippen molar-refractivity contribution in [2.45, 2.75) is 12.8 Å². The fourth-order valence-corrected chi connectivity index (χ4v) is 1.01. The minimum Gasteiger partial charge on any atom is -0.481 e. The van der Waals surface area contributed by atoms with Crippen molar-refractivity contribution in [1.82, 2.24) is 0 Å². The molecule has 11 heavy (non-hydrogen) atoms. The third kappa shape index (κ3) is 13.5. The number of aliphatic carboxylic acids is 1. The first-order valence-corrected chi connectivity index (χ1v) is 4.48. The predicted octanol–water partition coefficient (Wildman–Crippen LogP) is 0.0264. The number of carbonyl (C=O) groups is 1. The molecule has 64 valence electrons. The Bertz CT molecular complexity index is 164. The molecule has 5 nitrogen and oxygen atoms in total. The van der Waals surface area contributed by atoms with E-state index >= 15 is 0 Å². The molecule has 0 saturated carbocycles. The normalized spacial score (nSPS) is 10.4. The second-order valence-corrected chi connectivity index (χ2v) is 3.66. The summed E-state index contributed by atoms with van der Waals surface area (Å²) in [5.74, 6) is -1.03. The number of hydrogen-bond donors (Lipinski definition) is 3. The van der Waals surface area contributed by atoms with Crippen LogP contribution in [-0.2, 0) is 35.6 Å². The Morgan fingerprint density at radius 2 is 1.82 bits per heavy atom. The van der Waals surface area contributed by atoms with Crippen LogP contribution in [0.25, 0.3) is 0 Å². The molecule has 0 radical (unpaired) electrons. The van der Waals surface area contributed by atoms with Crippen molar-refractivity contribution in [2.75, 3.05) is 6.16 Å². The number of carboxylic acids is 1. The van der Waals surface area contributed by atoms with Gasteiger partial charge in [-0.15, -0.1) is 0 Å². The van der Waals surface area contributed by atoms with E-state index in [9.17, 15) is 9.36 Å². The second kappa shape index (κ2) is 6.07. The van der Waals surface area contributed by atoms with Crippen molar-refractivity contribution >= 4 is 13.6 Å². The second-order valence-electron chi connectivity index (χ2n) is 1.89. The molecule has 0 saturated heterocycles. The molecule has 0 heterocycles. The average molecular weight is 259 g/mol. The fraction of sp³-hybridized carbons (Fsp3) is 0.750. The van der Waals surface area contributed by atoms with Crippen LogP contribution in [0.5, 0.6) is 0 Å². The summed E-state index contributed by atoms with van der Waals surface area (Å²) < 4.78 is 10.1. The van der Waals surface area contributed by atoms with Crippen LogP contribution in [0.3, 0.4) is 0 Å². The Balaban J connectivity index is 0. The Morgan fingerprint density at radius 1 is 1.36 bits per heavy atom. The number of rotatable bonds is 4. The van der Waals surface area contributed by atoms with Crippen molar-refractivity contribution in [3.05, 3.63) is 0 Å². The summed E-state index contributed by atoms with van der Waals surface area (Å²) in [5, 5.41) is 8.06. The molecule has 0 aliphatic carbocycles. The summed E-state index contributed by atoms with van der Waals surface area (Å²) in [6.07, 6.45) is -0.510. The smallest absolute Gasteiger partial charge is 0.325 e. The Morgan fingerprint density at radius 3 is 2.09 bits per heavy atom. The van der Waals surface area contributed by atoms with Gasteiger partial charge in [-0.1, -0.05) is 0 Å². The zero-order chi connectivity index (χ0) is 8.20. The van der Waals surface area contributed by atoms with Gasteiger partial charge < -0.3 is 14.9 Å². The van der Waals surface area contributed by atoms with Crippen LogP contribution in [0.4, 0.5) is 0 Å². The van der Waals surface area contributed by atoms with Crippen molar-refractivity contribution in [1.29, 1.82) is 0 Å². The predicted molar refractivity (Wildman–Crippen MR) is 33.8 cm³/mol. The number of carboxylic acid groups (broad SMARTS) is 1. The summed E-state index contributed by atoms with van der Waals surface area (Å²) in [7, 11) is -3.99. The summed E-state index contributed by atoms with van der Waals surface area (Å²) >= 11 is 0. The maximum absolute atomic E-state index is 10.1. The molecule has 0 aliphatic heterocycles. The van der Waals surface area contributed by atoms with Gasteiger partial charge in [-0.25, -0.2) is 0 Å². The standard InChI is InChI=1S/C4H9O5P.Zr/c5-4(6)2-1-3-10(7,8)9;/h1-3H2,(H,5,6)(H2,7,8,9);. The Labute approximate surface area is 83.1 Å². The molecule has 0 aliphatic rings. The van der Waals surface area contributed by atoms with Gasteiger partial charge >= 0.3 is 13.6 Å². The zero-order valence-electron chi connectivity index (χ0n) is 5.73. The quantitative estimate of drug-likeness (QED) is 0.619. The third-order valence-corrected chi connectivity index (χ3v) is 1.74. The summed E-state index contributed by atoms with van der Waals surface area (Å²) in [5.41, 5.74) is 0. The van der Waals surface area contributed by atoms with Crippen LogP contribution < -0.4 is 0 Å². The molecule has 0 aromatic heterocycles. The monoisotopic (exact) mass is 258 g/mol. The van der Waals surface area contributed by atoms with Gasteiger partial charge in [0.25, 0.3) is 0 Å². The van der Waals surface area contributed by atoms with E-state index in [1.807, 2.05) is 0 Å². The Hall–Kier alpha value is 0.503. The van der Waals surface area contributed by atoms with Crippen LogP contribution in [0, 0.1) is 0 Å². The van der Waals surface area contributed by atoms with Crippen molar-refractivity contribution in [3.63, 3.8) is 0 Å². The van der Waals surface area contributed by atoms with E-state index in [0.29, 0.717) is 0 Å². The van der Waals surface area contributed by atoms with Crippen molar-refractivity contribution < 1.29 is 50.5 Å². The molecule has 3 N–H and O–H groups in total. The zero-order valence-corrected chi connectivity index (χ0v) is 9.08. The molecular weight excluding hydrogens is 250 g/mol. The van der Waals surface area contributed by atoms with Gasteiger partial charge in [0.05, 0.1) is 6.16 Å². The van der Waals surface area contributed by atoms with E-state index < -0.39 is 13.6 Å². The third-order valence-electron chi connectivity index (χ3n) is 0.840. The van der Waals surface area contributed by atoms with Crippen molar-refractivity contribution in [3.8, 4) is 0 Å². The largest absolute Gasteiger partial charge is 0.481 e. The fourth-order valence-electron chi connectivity index (χ4n) is 0.436. The maximum Gasteiger partial charge on any atom is 0.325 e. The Kier molecular flexibility index (Phi) is 7.75. The van der Waals surface area contributed by atoms with Crippen LogP contribution >= 0.6 is 7.60 Å². The first kappa shape index (κ1) is 14.1. The van der Waals surface area contributed by atoms with E-state index in [0.717, 1.165) is 0 Å². The maximum atomic E-state index is 10.1. The van der Waals surface area contributed by atoms with Gasteiger partial charge in [0, 0.05) is 32.6 Å². The molecule has 0 spiro atoms. The molecule has 0 aromatic rings. The van der Waals surface area contributed by atoms with Crippen LogP contribution in [0.15, 0.2) is 0 Å². The van der Waals surface area contributed by atoms with Crippen LogP contribution in [0.1, 0.15) is 12.8 Å². The summed E-state index contributed by atoms with van der Waals surface area (Å²) in [6.45, 7) is 0. The molecule has 0 bridgehead atoms. The topological polar surface area (TPSA) is 94.8 Å². The van der Waals surface area contributed by atoms with E-state index in [4.69, 9.17) is 14.9 Å². The van der Waals surface area contributed by atoms with E-state index in [1.54, 1.807) is 0 Å². The van der Waals surface area contributed by atoms with E-state index in [1.165, 1.54) is 0 Å². The SMILES string of the molecule is O=C(O)CCCP(=O)(O)O.[Zr]. The molecule has 0 aromatic carbocycles. The van der Waals surface area contributed by atoms with E-state index in [-0.39, 0.29) is 45.2 Å². The van der Waals surface area contributed by atoms with Gasteiger partial charge in [0.15, 0.2) is 0 Å². The molecule has 0 rings (SSSR count). The molecule has 0 amide bonds. The van der Waals surface area contributed by atoms with Gasteiger partial charge in [-0.3, -0.25) is 9.36 Å². The molecule has 7 heteroatoms.